The lowest BCUT2D eigenvalue weighted by Crippen LogP contribution is -2.35. The van der Waals surface area contributed by atoms with E-state index in [9.17, 15) is 9.59 Å². The fraction of sp³-hybridized carbons (Fsp3) is 0.375. The topological polar surface area (TPSA) is 51.1 Å². The molecule has 3 rings (SSSR count). The van der Waals surface area contributed by atoms with Gasteiger partial charge in [0.05, 0.1) is 5.52 Å². The first-order valence-corrected chi connectivity index (χ1v) is 7.97. The van der Waals surface area contributed by atoms with Gasteiger partial charge in [-0.25, -0.2) is 0 Å². The molecule has 4 nitrogen and oxygen atoms in total. The number of nitrogens with one attached hydrogen (secondary N) is 1. The number of aryl methyl sites for hydroxylation is 2. The first kappa shape index (κ1) is 14.3. The van der Waals surface area contributed by atoms with Crippen molar-refractivity contribution in [2.24, 2.45) is 0 Å². The maximum atomic E-state index is 12.6. The summed E-state index contributed by atoms with van der Waals surface area (Å²) in [5.41, 5.74) is 2.16. The maximum Gasteiger partial charge on any atom is 0.256 e. The molecule has 1 aromatic heterocycles. The van der Waals surface area contributed by atoms with Crippen molar-refractivity contribution >= 4 is 32.7 Å². The molecule has 1 aliphatic rings. The Bertz CT molecular complexity index is 795. The van der Waals surface area contributed by atoms with Crippen molar-refractivity contribution in [2.75, 3.05) is 0 Å². The number of carbonyl (C=O) groups is 1. The summed E-state index contributed by atoms with van der Waals surface area (Å²) in [6.07, 6.45) is 3.43. The Balaban J connectivity index is 2.17. The fourth-order valence-electron chi connectivity index (χ4n) is 2.77. The van der Waals surface area contributed by atoms with Crippen LogP contribution in [0.5, 0.6) is 0 Å². The summed E-state index contributed by atoms with van der Waals surface area (Å²) in [7, 11) is 0. The number of rotatable bonds is 3. The van der Waals surface area contributed by atoms with E-state index in [0.717, 1.165) is 34.9 Å². The highest BCUT2D eigenvalue weighted by atomic mass is 79.9. The van der Waals surface area contributed by atoms with Crippen LogP contribution in [-0.4, -0.2) is 16.5 Å². The van der Waals surface area contributed by atoms with Gasteiger partial charge in [-0.15, -0.1) is 0 Å². The molecule has 5 heteroatoms. The monoisotopic (exact) mass is 348 g/mol. The highest BCUT2D eigenvalue weighted by Crippen LogP contribution is 2.28. The lowest BCUT2D eigenvalue weighted by Gasteiger charge is -2.13. The summed E-state index contributed by atoms with van der Waals surface area (Å²) in [4.78, 5) is 24.9. The number of halogens is 1. The molecule has 0 saturated carbocycles. The largest absolute Gasteiger partial charge is 0.349 e. The molecule has 0 aliphatic carbocycles. The van der Waals surface area contributed by atoms with E-state index in [2.05, 4.69) is 21.2 Å². The third-order valence-corrected chi connectivity index (χ3v) is 4.53. The predicted octanol–water partition coefficient (Wildman–Crippen LogP) is 2.85. The molecule has 0 unspecified atom stereocenters. The summed E-state index contributed by atoms with van der Waals surface area (Å²) < 4.78 is 2.90. The lowest BCUT2D eigenvalue weighted by molar-refractivity contribution is 0.0937. The van der Waals surface area contributed by atoms with Crippen molar-refractivity contribution in [2.45, 2.75) is 39.3 Å². The molecule has 0 fully saturated rings. The second kappa shape index (κ2) is 5.30. The minimum atomic E-state index is -0.284. The van der Waals surface area contributed by atoms with Gasteiger partial charge in [0.2, 0.25) is 5.43 Å². The van der Waals surface area contributed by atoms with Crippen LogP contribution in [0.15, 0.2) is 27.6 Å². The zero-order valence-electron chi connectivity index (χ0n) is 12.1. The van der Waals surface area contributed by atoms with Crippen LogP contribution < -0.4 is 10.7 Å². The van der Waals surface area contributed by atoms with E-state index < -0.39 is 0 Å². The fourth-order valence-corrected chi connectivity index (χ4v) is 3.27. The van der Waals surface area contributed by atoms with Crippen LogP contribution in [0.3, 0.4) is 0 Å². The summed E-state index contributed by atoms with van der Waals surface area (Å²) in [6.45, 7) is 4.75. The molecule has 110 valence electrons. The van der Waals surface area contributed by atoms with Gasteiger partial charge in [0.1, 0.15) is 5.56 Å². The number of aromatic nitrogens is 1. The third kappa shape index (κ3) is 2.39. The summed E-state index contributed by atoms with van der Waals surface area (Å²) in [5.74, 6) is -0.284. The van der Waals surface area contributed by atoms with E-state index >= 15 is 0 Å². The lowest BCUT2D eigenvalue weighted by atomic mass is 10.1. The Morgan fingerprint density at radius 1 is 1.48 bits per heavy atom. The van der Waals surface area contributed by atoms with Crippen molar-refractivity contribution in [1.82, 2.24) is 9.88 Å². The predicted molar refractivity (Wildman–Crippen MR) is 86.8 cm³/mol. The first-order valence-electron chi connectivity index (χ1n) is 7.17. The van der Waals surface area contributed by atoms with E-state index in [4.69, 9.17) is 0 Å². The van der Waals surface area contributed by atoms with Gasteiger partial charge in [0.25, 0.3) is 5.91 Å². The van der Waals surface area contributed by atoms with Crippen LogP contribution in [0.2, 0.25) is 0 Å². The first-order chi connectivity index (χ1) is 10.0. The van der Waals surface area contributed by atoms with Gasteiger partial charge in [-0.05, 0) is 37.5 Å². The molecule has 0 bridgehead atoms. The molecule has 0 saturated heterocycles. The third-order valence-electron chi connectivity index (χ3n) is 4.07. The van der Waals surface area contributed by atoms with E-state index in [1.807, 2.05) is 30.5 Å². The van der Waals surface area contributed by atoms with Gasteiger partial charge in [0.15, 0.2) is 0 Å². The molecule has 0 radical (unpaired) electrons. The molecule has 21 heavy (non-hydrogen) atoms. The highest BCUT2D eigenvalue weighted by molar-refractivity contribution is 9.10. The van der Waals surface area contributed by atoms with Gasteiger partial charge in [0, 0.05) is 28.6 Å². The highest BCUT2D eigenvalue weighted by Gasteiger charge is 2.21. The molecule has 1 atom stereocenters. The summed E-state index contributed by atoms with van der Waals surface area (Å²) in [5, 5.41) is 3.49. The van der Waals surface area contributed by atoms with E-state index in [1.165, 1.54) is 0 Å². The standard InChI is InChI=1S/C16H17BrN2O2/c1-3-9(2)18-16(21)13-8-19-5-4-10-6-11(17)7-12(14(10)19)15(13)20/h6-9H,3-5H2,1-2H3,(H,18,21)/t9-/m1/s1. The van der Waals surface area contributed by atoms with Gasteiger partial charge in [-0.3, -0.25) is 9.59 Å². The van der Waals surface area contributed by atoms with Crippen LogP contribution in [0.1, 0.15) is 36.2 Å². The van der Waals surface area contributed by atoms with Crippen molar-refractivity contribution in [3.8, 4) is 0 Å². The molecule has 1 aliphatic heterocycles. The van der Waals surface area contributed by atoms with E-state index in [1.54, 1.807) is 6.20 Å². The van der Waals surface area contributed by atoms with Gasteiger partial charge in [-0.1, -0.05) is 22.9 Å². The quantitative estimate of drug-likeness (QED) is 0.927. The number of carbonyl (C=O) groups excluding carboxylic acids is 1. The molecule has 0 spiro atoms. The Labute approximate surface area is 131 Å². The minimum Gasteiger partial charge on any atom is -0.349 e. The Morgan fingerprint density at radius 2 is 2.24 bits per heavy atom. The van der Waals surface area contributed by atoms with Crippen molar-refractivity contribution in [3.05, 3.63) is 44.2 Å². The van der Waals surface area contributed by atoms with Crippen LogP contribution in [0.4, 0.5) is 0 Å². The average molecular weight is 349 g/mol. The molecule has 2 aromatic rings. The van der Waals surface area contributed by atoms with E-state index in [-0.39, 0.29) is 22.9 Å². The van der Waals surface area contributed by atoms with Crippen LogP contribution in [0.25, 0.3) is 10.9 Å². The van der Waals surface area contributed by atoms with Gasteiger partial charge >= 0.3 is 0 Å². The summed E-state index contributed by atoms with van der Waals surface area (Å²) >= 11 is 3.45. The average Bonchev–Trinajstić information content (AvgIpc) is 2.85. The number of benzene rings is 1. The molecule has 1 N–H and O–H groups in total. The molecule has 1 amide bonds. The van der Waals surface area contributed by atoms with E-state index in [0.29, 0.717) is 5.39 Å². The number of amides is 1. The molecular formula is C16H17BrN2O2. The number of nitrogens with zero attached hydrogens (tertiary/aromatic N) is 1. The van der Waals surface area contributed by atoms with Crippen LogP contribution in [0, 0.1) is 0 Å². The van der Waals surface area contributed by atoms with Crippen LogP contribution >= 0.6 is 15.9 Å². The Morgan fingerprint density at radius 3 is 2.95 bits per heavy atom. The maximum absolute atomic E-state index is 12.6. The normalized spacial score (nSPS) is 14.4. The van der Waals surface area contributed by atoms with Crippen LogP contribution in [-0.2, 0) is 13.0 Å². The molecule has 1 aromatic carbocycles. The minimum absolute atomic E-state index is 0.0595. The second-order valence-corrected chi connectivity index (χ2v) is 6.47. The molecule has 2 heterocycles. The number of hydrogen-bond donors (Lipinski definition) is 1. The van der Waals surface area contributed by atoms with Gasteiger partial charge in [-0.2, -0.15) is 0 Å². The number of hydrogen-bond acceptors (Lipinski definition) is 2. The van der Waals surface area contributed by atoms with Gasteiger partial charge < -0.3 is 9.88 Å². The smallest absolute Gasteiger partial charge is 0.256 e. The number of pyridine rings is 1. The second-order valence-electron chi connectivity index (χ2n) is 5.56. The summed E-state index contributed by atoms with van der Waals surface area (Å²) in [6, 6.07) is 3.91. The van der Waals surface area contributed by atoms with Crippen molar-refractivity contribution < 1.29 is 4.79 Å². The zero-order chi connectivity index (χ0) is 15.1. The Kier molecular flexibility index (Phi) is 3.61. The Hall–Kier alpha value is -1.62. The zero-order valence-corrected chi connectivity index (χ0v) is 13.7. The van der Waals surface area contributed by atoms with Crippen molar-refractivity contribution in [3.63, 3.8) is 0 Å². The SMILES string of the molecule is CC[C@@H](C)NC(=O)c1cn2c3c(cc(Br)cc3c1=O)CC2. The molecular weight excluding hydrogens is 332 g/mol. The van der Waals surface area contributed by atoms with Crippen molar-refractivity contribution in [1.29, 1.82) is 0 Å².